The average Bonchev–Trinajstić information content (AvgIpc) is 3.33. The molecule has 142 valence electrons. The topological polar surface area (TPSA) is 68.5 Å². The summed E-state index contributed by atoms with van der Waals surface area (Å²) >= 11 is 7.64. The maximum Gasteiger partial charge on any atom is 0.203 e. The van der Waals surface area contributed by atoms with Crippen molar-refractivity contribution in [1.82, 2.24) is 24.8 Å². The van der Waals surface area contributed by atoms with E-state index in [2.05, 4.69) is 39.7 Å². The van der Waals surface area contributed by atoms with Crippen molar-refractivity contribution in [2.75, 3.05) is 5.43 Å². The average molecular weight is 419 g/mol. The van der Waals surface area contributed by atoms with Crippen LogP contribution in [0.1, 0.15) is 5.56 Å². The molecule has 0 unspecified atom stereocenters. The molecule has 3 aromatic heterocycles. The highest BCUT2D eigenvalue weighted by molar-refractivity contribution is 7.22. The van der Waals surface area contributed by atoms with Crippen molar-refractivity contribution >= 4 is 38.3 Å². The fourth-order valence-corrected chi connectivity index (χ4v) is 4.11. The lowest BCUT2D eigenvalue weighted by Crippen LogP contribution is -2.12. The molecule has 0 aliphatic carbocycles. The third-order valence-corrected chi connectivity index (χ3v) is 5.61. The Hall–Kier alpha value is -3.29. The van der Waals surface area contributed by atoms with Gasteiger partial charge < -0.3 is 0 Å². The molecule has 3 heterocycles. The lowest BCUT2D eigenvalue weighted by molar-refractivity contribution is 0.965. The lowest BCUT2D eigenvalue weighted by atomic mass is 10.2. The van der Waals surface area contributed by atoms with Crippen LogP contribution in [0.3, 0.4) is 0 Å². The van der Waals surface area contributed by atoms with E-state index >= 15 is 0 Å². The molecule has 2 aromatic carbocycles. The summed E-state index contributed by atoms with van der Waals surface area (Å²) in [5, 5.41) is 10.2. The third kappa shape index (κ3) is 3.46. The molecule has 0 bridgehead atoms. The maximum atomic E-state index is 6.05. The summed E-state index contributed by atoms with van der Waals surface area (Å²) in [4.78, 5) is 8.91. The van der Waals surface area contributed by atoms with Crippen molar-refractivity contribution < 1.29 is 0 Å². The van der Waals surface area contributed by atoms with Gasteiger partial charge in [-0.15, -0.1) is 10.2 Å². The highest BCUT2D eigenvalue weighted by Crippen LogP contribution is 2.30. The van der Waals surface area contributed by atoms with Crippen LogP contribution < -0.4 is 5.43 Å². The SMILES string of the molecule is Cc1ccc2nc(Nn3c(-c4ccc(Cl)cc4)nnc3-c3cccnc3)sc2c1. The Morgan fingerprint density at radius 2 is 1.76 bits per heavy atom. The van der Waals surface area contributed by atoms with Crippen LogP contribution >= 0.6 is 22.9 Å². The predicted molar refractivity (Wildman–Crippen MR) is 117 cm³/mol. The maximum absolute atomic E-state index is 6.05. The zero-order valence-electron chi connectivity index (χ0n) is 15.4. The van der Waals surface area contributed by atoms with Crippen LogP contribution in [-0.2, 0) is 0 Å². The van der Waals surface area contributed by atoms with E-state index in [0.717, 1.165) is 26.5 Å². The van der Waals surface area contributed by atoms with Crippen LogP contribution in [0.5, 0.6) is 0 Å². The summed E-state index contributed by atoms with van der Waals surface area (Å²) in [5.41, 5.74) is 7.28. The lowest BCUT2D eigenvalue weighted by Gasteiger charge is -2.11. The van der Waals surface area contributed by atoms with Gasteiger partial charge >= 0.3 is 0 Å². The van der Waals surface area contributed by atoms with Crippen LogP contribution in [-0.4, -0.2) is 24.8 Å². The van der Waals surface area contributed by atoms with Gasteiger partial charge in [0.05, 0.1) is 10.2 Å². The monoisotopic (exact) mass is 418 g/mol. The number of hydrogen-bond acceptors (Lipinski definition) is 6. The van der Waals surface area contributed by atoms with Gasteiger partial charge in [0, 0.05) is 28.5 Å². The summed E-state index contributed by atoms with van der Waals surface area (Å²) < 4.78 is 2.96. The number of benzene rings is 2. The van der Waals surface area contributed by atoms with Crippen LogP contribution in [0.25, 0.3) is 33.0 Å². The minimum absolute atomic E-state index is 0.651. The number of aryl methyl sites for hydroxylation is 1. The largest absolute Gasteiger partial charge is 0.265 e. The Bertz CT molecular complexity index is 1290. The zero-order valence-corrected chi connectivity index (χ0v) is 16.9. The van der Waals surface area contributed by atoms with Crippen LogP contribution in [0, 0.1) is 6.92 Å². The van der Waals surface area contributed by atoms with Crippen molar-refractivity contribution in [3.63, 3.8) is 0 Å². The molecule has 8 heteroatoms. The smallest absolute Gasteiger partial charge is 0.203 e. The Balaban J connectivity index is 1.63. The number of anilines is 1. The van der Waals surface area contributed by atoms with Gasteiger partial charge in [-0.1, -0.05) is 29.0 Å². The molecule has 5 rings (SSSR count). The van der Waals surface area contributed by atoms with Crippen molar-refractivity contribution in [2.24, 2.45) is 0 Å². The summed E-state index contributed by atoms with van der Waals surface area (Å²) in [6, 6.07) is 17.5. The predicted octanol–water partition coefficient (Wildman–Crippen LogP) is 5.45. The van der Waals surface area contributed by atoms with Gasteiger partial charge in [-0.05, 0) is 61.0 Å². The van der Waals surface area contributed by atoms with Gasteiger partial charge in [-0.25, -0.2) is 9.66 Å². The number of halogens is 1. The van der Waals surface area contributed by atoms with Gasteiger partial charge in [0.25, 0.3) is 0 Å². The molecule has 29 heavy (non-hydrogen) atoms. The summed E-state index contributed by atoms with van der Waals surface area (Å²) in [6.45, 7) is 2.07. The van der Waals surface area contributed by atoms with Gasteiger partial charge in [0.15, 0.2) is 11.6 Å². The van der Waals surface area contributed by atoms with Crippen molar-refractivity contribution in [1.29, 1.82) is 0 Å². The minimum atomic E-state index is 0.651. The van der Waals surface area contributed by atoms with E-state index in [0.29, 0.717) is 16.7 Å². The Labute approximate surface area is 175 Å². The molecule has 0 saturated carbocycles. The minimum Gasteiger partial charge on any atom is -0.265 e. The first-order valence-electron chi connectivity index (χ1n) is 8.93. The fourth-order valence-electron chi connectivity index (χ4n) is 3.03. The highest BCUT2D eigenvalue weighted by atomic mass is 35.5. The number of thiazole rings is 1. The van der Waals surface area contributed by atoms with E-state index in [4.69, 9.17) is 16.6 Å². The molecule has 0 radical (unpaired) electrons. The first-order chi connectivity index (χ1) is 14.2. The van der Waals surface area contributed by atoms with Crippen LogP contribution in [0.4, 0.5) is 5.13 Å². The Kier molecular flexibility index (Phi) is 4.46. The van der Waals surface area contributed by atoms with E-state index in [1.165, 1.54) is 5.56 Å². The van der Waals surface area contributed by atoms with E-state index in [9.17, 15) is 0 Å². The molecular formula is C21H15ClN6S. The molecule has 6 nitrogen and oxygen atoms in total. The summed E-state index contributed by atoms with van der Waals surface area (Å²) in [5.74, 6) is 1.31. The second-order valence-corrected chi connectivity index (χ2v) is 8.00. The standard InChI is InChI=1S/C21H15ClN6S/c1-13-4-9-17-18(11-13)29-21(24-17)27-28-19(14-5-7-16(22)8-6-14)25-26-20(28)15-3-2-10-23-12-15/h2-12H,1H3,(H,24,27). The fraction of sp³-hybridized carbons (Fsp3) is 0.0476. The number of aromatic nitrogens is 5. The molecule has 0 saturated heterocycles. The van der Waals surface area contributed by atoms with Gasteiger partial charge in [-0.3, -0.25) is 10.4 Å². The molecule has 1 N–H and O–H groups in total. The van der Waals surface area contributed by atoms with Crippen molar-refractivity contribution in [3.05, 3.63) is 77.6 Å². The molecule has 5 aromatic rings. The normalized spacial score (nSPS) is 11.1. The quantitative estimate of drug-likeness (QED) is 0.420. The van der Waals surface area contributed by atoms with Crippen LogP contribution in [0.2, 0.25) is 5.02 Å². The number of nitrogens with one attached hydrogen (secondary N) is 1. The molecule has 0 aliphatic heterocycles. The van der Waals surface area contributed by atoms with E-state index in [1.807, 2.05) is 47.1 Å². The zero-order chi connectivity index (χ0) is 19.8. The molecular weight excluding hydrogens is 404 g/mol. The number of rotatable bonds is 4. The van der Waals surface area contributed by atoms with Crippen molar-refractivity contribution in [2.45, 2.75) is 6.92 Å². The van der Waals surface area contributed by atoms with Crippen molar-refractivity contribution in [3.8, 4) is 22.8 Å². The Morgan fingerprint density at radius 3 is 2.52 bits per heavy atom. The van der Waals surface area contributed by atoms with Crippen LogP contribution in [0.15, 0.2) is 67.0 Å². The van der Waals surface area contributed by atoms with E-state index < -0.39 is 0 Å². The molecule has 0 fully saturated rings. The first kappa shape index (κ1) is 17.8. The number of nitrogens with zero attached hydrogens (tertiary/aromatic N) is 5. The molecule has 0 spiro atoms. The number of fused-ring (bicyclic) bond motifs is 1. The second-order valence-electron chi connectivity index (χ2n) is 6.53. The van der Waals surface area contributed by atoms with Gasteiger partial charge in [-0.2, -0.15) is 0 Å². The number of pyridine rings is 1. The summed E-state index contributed by atoms with van der Waals surface area (Å²) in [6.07, 6.45) is 3.49. The van der Waals surface area contributed by atoms with Gasteiger partial charge in [0.1, 0.15) is 0 Å². The molecule has 0 aliphatic rings. The first-order valence-corrected chi connectivity index (χ1v) is 10.1. The third-order valence-electron chi connectivity index (χ3n) is 4.44. The van der Waals surface area contributed by atoms with Gasteiger partial charge in [0.2, 0.25) is 5.13 Å². The van der Waals surface area contributed by atoms with E-state index in [1.54, 1.807) is 23.7 Å². The highest BCUT2D eigenvalue weighted by Gasteiger charge is 2.17. The Morgan fingerprint density at radius 1 is 0.966 bits per heavy atom. The molecule has 0 atom stereocenters. The van der Waals surface area contributed by atoms with E-state index in [-0.39, 0.29) is 0 Å². The summed E-state index contributed by atoms with van der Waals surface area (Å²) in [7, 11) is 0. The second kappa shape index (κ2) is 7.27. The molecule has 0 amide bonds. The number of hydrogen-bond donors (Lipinski definition) is 1.